The molecule has 0 aliphatic carbocycles. The van der Waals surface area contributed by atoms with Gasteiger partial charge in [-0.05, 0) is 0 Å². The molecule has 30 valence electrons. The highest BCUT2D eigenvalue weighted by Gasteiger charge is 1.65. The average Bonchev–Trinajstić information content (AvgIpc) is 1.38. The molecular weight excluding hydrogens is 86.1 g/mol. The topological polar surface area (TPSA) is 46.3 Å². The second kappa shape index (κ2) is 1.77. The molecule has 0 unspecified atom stereocenters. The van der Waals surface area contributed by atoms with Gasteiger partial charge in [0.1, 0.15) is 10.2 Å². The minimum absolute atomic E-state index is 0.188. The van der Waals surface area contributed by atoms with Crippen LogP contribution in [0.1, 0.15) is 0 Å². The van der Waals surface area contributed by atoms with Crippen LogP contribution in [-0.2, 0) is 0 Å². The monoisotopic (exact) mass is 91.0 g/mol. The van der Waals surface area contributed by atoms with E-state index in [0.717, 1.165) is 5.84 Å². The third-order valence-corrected chi connectivity index (χ3v) is 0.663. The molecule has 0 radical (unpaired) electrons. The van der Waals surface area contributed by atoms with Crippen LogP contribution in [-0.4, -0.2) is 26.2 Å². The lowest BCUT2D eigenvalue weighted by molar-refractivity contribution is -0.721. The molecule has 5 heavy (non-hydrogen) atoms. The molecule has 4 heteroatoms. The molecule has 3 nitrogen and oxygen atoms in total. The third-order valence-electron chi connectivity index (χ3n) is 0.221. The second-order valence-electron chi connectivity index (χ2n) is 0.561. The quantitative estimate of drug-likeness (QED) is 0.127. The zero-order valence-electron chi connectivity index (χ0n) is 2.88. The van der Waals surface area contributed by atoms with Gasteiger partial charge in [-0.2, -0.15) is 0 Å². The van der Waals surface area contributed by atoms with Crippen molar-refractivity contribution >= 4 is 16.1 Å². The van der Waals surface area contributed by atoms with Crippen LogP contribution in [0, 0.1) is 5.21 Å². The summed E-state index contributed by atoms with van der Waals surface area (Å²) in [6, 6.07) is 0. The van der Waals surface area contributed by atoms with Gasteiger partial charge in [0, 0.05) is 4.90 Å². The summed E-state index contributed by atoms with van der Waals surface area (Å²) >= 11 is 0. The van der Waals surface area contributed by atoms with Crippen molar-refractivity contribution in [3.63, 3.8) is 0 Å². The standard InChI is InChI=1S/CH5NO2Si/c3-2(4)1-5/h1H,5H3,(H,3,4). The summed E-state index contributed by atoms with van der Waals surface area (Å²) in [5, 5.41) is 16.9. The highest BCUT2D eigenvalue weighted by molar-refractivity contribution is 6.48. The first-order valence-electron chi connectivity index (χ1n) is 1.22. The van der Waals surface area contributed by atoms with Crippen LogP contribution >= 0.6 is 0 Å². The molecule has 0 aliphatic heterocycles. The van der Waals surface area contributed by atoms with Gasteiger partial charge in [-0.25, -0.2) is 0 Å². The van der Waals surface area contributed by atoms with Crippen molar-refractivity contribution in [3.8, 4) is 0 Å². The van der Waals surface area contributed by atoms with E-state index in [9.17, 15) is 5.21 Å². The van der Waals surface area contributed by atoms with E-state index < -0.39 is 0 Å². The predicted octanol–water partition coefficient (Wildman–Crippen LogP) is -1.72. The summed E-state index contributed by atoms with van der Waals surface area (Å²) in [6.45, 7) is 0. The molecule has 0 heterocycles. The molecule has 0 aliphatic rings. The van der Waals surface area contributed by atoms with Gasteiger partial charge < -0.3 is 5.21 Å². The normalized spacial score (nSPS) is 12.4. The van der Waals surface area contributed by atoms with E-state index in [4.69, 9.17) is 5.21 Å². The molecule has 0 rings (SSSR count). The maximum atomic E-state index is 9.26. The Morgan fingerprint density at radius 3 is 2.20 bits per heavy atom. The van der Waals surface area contributed by atoms with Gasteiger partial charge in [-0.1, -0.05) is 0 Å². The van der Waals surface area contributed by atoms with Crippen LogP contribution < -0.4 is 0 Å². The Bertz CT molecular complexity index is 47.6. The predicted molar refractivity (Wildman–Crippen MR) is 21.4 cm³/mol. The number of hydrogen-bond acceptors (Lipinski definition) is 2. The summed E-state index contributed by atoms with van der Waals surface area (Å²) in [4.78, 5) is -0.188. The number of hydrogen-bond donors (Lipinski definition) is 1. The molecule has 1 N–H and O–H groups in total. The lowest BCUT2D eigenvalue weighted by Crippen LogP contribution is -1.94. The second-order valence-corrected chi connectivity index (χ2v) is 1.08. The van der Waals surface area contributed by atoms with Crippen molar-refractivity contribution in [3.05, 3.63) is 5.21 Å². The van der Waals surface area contributed by atoms with Gasteiger partial charge in [0.15, 0.2) is 5.84 Å². The molecule has 0 saturated heterocycles. The zero-order valence-corrected chi connectivity index (χ0v) is 4.88. The van der Waals surface area contributed by atoms with Crippen molar-refractivity contribution < 1.29 is 10.1 Å². The molecule has 0 atom stereocenters. The van der Waals surface area contributed by atoms with E-state index in [-0.39, 0.29) is 4.90 Å². The van der Waals surface area contributed by atoms with Gasteiger partial charge in [0.2, 0.25) is 0 Å². The first-order valence-corrected chi connectivity index (χ1v) is 2.37. The van der Waals surface area contributed by atoms with Crippen LogP contribution in [0.15, 0.2) is 0 Å². The van der Waals surface area contributed by atoms with Crippen molar-refractivity contribution in [1.29, 1.82) is 0 Å². The van der Waals surface area contributed by atoms with E-state index >= 15 is 0 Å². The lowest BCUT2D eigenvalue weighted by Gasteiger charge is -1.75. The molecule has 0 amide bonds. The van der Waals surface area contributed by atoms with Crippen LogP contribution in [0.3, 0.4) is 0 Å². The Morgan fingerprint density at radius 2 is 2.20 bits per heavy atom. The van der Waals surface area contributed by atoms with Crippen molar-refractivity contribution in [2.75, 3.05) is 0 Å². The SMILES string of the molecule is [O-][N+](O)=C[SiH3]. The minimum atomic E-state index is -0.188. The molecule has 0 fully saturated rings. The van der Waals surface area contributed by atoms with Crippen LogP contribution in [0.4, 0.5) is 0 Å². The smallest absolute Gasteiger partial charge is 0.171 e. The first kappa shape index (κ1) is 4.49. The summed E-state index contributed by atoms with van der Waals surface area (Å²) in [6.07, 6.45) is 0. The number of rotatable bonds is 0. The van der Waals surface area contributed by atoms with Gasteiger partial charge in [-0.15, -0.1) is 0 Å². The molecular formula is CH5NO2Si. The van der Waals surface area contributed by atoms with Crippen LogP contribution in [0.2, 0.25) is 0 Å². The Labute approximate surface area is 32.5 Å². The van der Waals surface area contributed by atoms with Crippen LogP contribution in [0.25, 0.3) is 0 Å². The molecule has 0 aromatic rings. The Balaban J connectivity index is 3.14. The molecule has 0 bridgehead atoms. The van der Waals surface area contributed by atoms with E-state index in [1.807, 2.05) is 0 Å². The summed E-state index contributed by atoms with van der Waals surface area (Å²) in [7, 11) is 0.612. The Hall–Kier alpha value is -0.513. The van der Waals surface area contributed by atoms with E-state index in [0.29, 0.717) is 10.2 Å². The summed E-state index contributed by atoms with van der Waals surface area (Å²) in [5.41, 5.74) is 0. The Kier molecular flexibility index (Phi) is 1.59. The third kappa shape index (κ3) is 3.49. The van der Waals surface area contributed by atoms with E-state index in [1.165, 1.54) is 0 Å². The van der Waals surface area contributed by atoms with Crippen LogP contribution in [0.5, 0.6) is 0 Å². The van der Waals surface area contributed by atoms with Crippen molar-refractivity contribution in [1.82, 2.24) is 0 Å². The van der Waals surface area contributed by atoms with E-state index in [2.05, 4.69) is 0 Å². The van der Waals surface area contributed by atoms with Gasteiger partial charge >= 0.3 is 0 Å². The molecule has 0 saturated carbocycles. The molecule has 0 aromatic heterocycles. The van der Waals surface area contributed by atoms with Gasteiger partial charge in [0.25, 0.3) is 0 Å². The highest BCUT2D eigenvalue weighted by Crippen LogP contribution is 1.42. The maximum absolute atomic E-state index is 9.26. The summed E-state index contributed by atoms with van der Waals surface area (Å²) < 4.78 is 0. The largest absolute Gasteiger partial charge is 0.418 e. The van der Waals surface area contributed by atoms with Crippen molar-refractivity contribution in [2.45, 2.75) is 0 Å². The Morgan fingerprint density at radius 1 is 2.00 bits per heavy atom. The molecule has 0 spiro atoms. The zero-order chi connectivity index (χ0) is 4.28. The first-order chi connectivity index (χ1) is 2.27. The number of nitrogens with zero attached hydrogens (tertiary/aromatic N) is 1. The van der Waals surface area contributed by atoms with Gasteiger partial charge in [0.05, 0.1) is 0 Å². The average molecular weight is 91.1 g/mol. The molecule has 0 aromatic carbocycles. The fraction of sp³-hybridized carbons (Fsp3) is 0. The fourth-order valence-electron chi connectivity index (χ4n) is 0. The lowest BCUT2D eigenvalue weighted by atomic mass is 11.7. The van der Waals surface area contributed by atoms with Crippen molar-refractivity contribution in [2.24, 2.45) is 0 Å². The fourth-order valence-corrected chi connectivity index (χ4v) is 0. The van der Waals surface area contributed by atoms with Gasteiger partial charge in [-0.3, -0.25) is 5.21 Å². The van der Waals surface area contributed by atoms with E-state index in [1.54, 1.807) is 0 Å². The highest BCUT2D eigenvalue weighted by atomic mass is 28.1. The summed E-state index contributed by atoms with van der Waals surface area (Å²) in [5.74, 6) is 1.14. The minimum Gasteiger partial charge on any atom is -0.418 e. The maximum Gasteiger partial charge on any atom is 0.171 e.